The quantitative estimate of drug-likeness (QED) is 0.779. The zero-order valence-electron chi connectivity index (χ0n) is 5.91. The minimum absolute atomic E-state index is 0. The summed E-state index contributed by atoms with van der Waals surface area (Å²) in [7, 11) is 0. The molecule has 0 unspecified atom stereocenters. The summed E-state index contributed by atoms with van der Waals surface area (Å²) in [5.74, 6) is 0.489. The Labute approximate surface area is 87.5 Å². The maximum atomic E-state index is 5.60. The Hall–Kier alpha value is -0.620. The Morgan fingerprint density at radius 3 is 2.83 bits per heavy atom. The molecule has 0 aromatic carbocycles. The molecule has 0 aliphatic heterocycles. The molecule has 2 rings (SSSR count). The number of nitrogens with zero attached hydrogens (tertiary/aromatic N) is 2. The molecule has 0 radical (unpaired) electrons. The SMILES string of the molecule is Br.Nc1ncnc2[nH]cc(Br)c12. The number of rotatable bonds is 0. The zero-order chi connectivity index (χ0) is 7.84. The fourth-order valence-corrected chi connectivity index (χ4v) is 1.45. The molecule has 0 aliphatic carbocycles. The lowest BCUT2D eigenvalue weighted by Crippen LogP contribution is -1.91. The molecule has 0 saturated heterocycles. The predicted molar refractivity (Wildman–Crippen MR) is 56.3 cm³/mol. The van der Waals surface area contributed by atoms with Crippen LogP contribution in [0.25, 0.3) is 11.0 Å². The fourth-order valence-electron chi connectivity index (χ4n) is 0.948. The molecule has 0 amide bonds. The highest BCUT2D eigenvalue weighted by atomic mass is 79.9. The van der Waals surface area contributed by atoms with Gasteiger partial charge in [-0.05, 0) is 15.9 Å². The molecule has 2 aromatic rings. The monoisotopic (exact) mass is 292 g/mol. The van der Waals surface area contributed by atoms with E-state index in [1.165, 1.54) is 6.33 Å². The zero-order valence-corrected chi connectivity index (χ0v) is 9.21. The highest BCUT2D eigenvalue weighted by Crippen LogP contribution is 2.24. The van der Waals surface area contributed by atoms with Crippen LogP contribution < -0.4 is 5.73 Å². The van der Waals surface area contributed by atoms with Crippen molar-refractivity contribution in [2.75, 3.05) is 5.73 Å². The molecule has 0 aliphatic rings. The van der Waals surface area contributed by atoms with E-state index in [1.807, 2.05) is 0 Å². The standard InChI is InChI=1S/C6H5BrN4.BrH/c7-3-1-9-6-4(3)5(8)10-2-11-6;/h1-2H,(H3,8,9,10,11);1H. The van der Waals surface area contributed by atoms with Gasteiger partial charge in [0, 0.05) is 10.7 Å². The van der Waals surface area contributed by atoms with Crippen LogP contribution in [0.4, 0.5) is 5.82 Å². The summed E-state index contributed by atoms with van der Waals surface area (Å²) in [4.78, 5) is 10.8. The van der Waals surface area contributed by atoms with Crippen molar-refractivity contribution in [1.29, 1.82) is 0 Å². The second-order valence-corrected chi connectivity index (χ2v) is 2.97. The lowest BCUT2D eigenvalue weighted by Gasteiger charge is -1.92. The fraction of sp³-hybridized carbons (Fsp3) is 0. The second-order valence-electron chi connectivity index (χ2n) is 2.12. The largest absolute Gasteiger partial charge is 0.383 e. The van der Waals surface area contributed by atoms with Gasteiger partial charge in [-0.3, -0.25) is 0 Å². The first-order valence-electron chi connectivity index (χ1n) is 3.02. The van der Waals surface area contributed by atoms with Crippen molar-refractivity contribution in [1.82, 2.24) is 15.0 Å². The van der Waals surface area contributed by atoms with Gasteiger partial charge in [-0.2, -0.15) is 0 Å². The van der Waals surface area contributed by atoms with E-state index in [9.17, 15) is 0 Å². The van der Waals surface area contributed by atoms with E-state index in [0.29, 0.717) is 5.82 Å². The molecule has 6 heteroatoms. The predicted octanol–water partition coefficient (Wildman–Crippen LogP) is 1.88. The number of hydrogen-bond donors (Lipinski definition) is 2. The van der Waals surface area contributed by atoms with Gasteiger partial charge in [0.1, 0.15) is 17.8 Å². The van der Waals surface area contributed by atoms with Crippen LogP contribution in [-0.2, 0) is 0 Å². The number of aromatic amines is 1. The normalized spacial score (nSPS) is 9.75. The number of nitrogen functional groups attached to an aromatic ring is 1. The van der Waals surface area contributed by atoms with Crippen LogP contribution in [0.2, 0.25) is 0 Å². The average Bonchev–Trinajstić information content (AvgIpc) is 2.34. The number of anilines is 1. The second kappa shape index (κ2) is 3.40. The van der Waals surface area contributed by atoms with Gasteiger partial charge in [-0.1, -0.05) is 0 Å². The summed E-state index contributed by atoms with van der Waals surface area (Å²) >= 11 is 3.33. The van der Waals surface area contributed by atoms with Gasteiger partial charge in [-0.15, -0.1) is 17.0 Å². The Kier molecular flexibility index (Phi) is 2.69. The van der Waals surface area contributed by atoms with Gasteiger partial charge in [0.25, 0.3) is 0 Å². The summed E-state index contributed by atoms with van der Waals surface area (Å²) in [6, 6.07) is 0. The summed E-state index contributed by atoms with van der Waals surface area (Å²) in [5, 5.41) is 0.840. The molecule has 0 spiro atoms. The van der Waals surface area contributed by atoms with Gasteiger partial charge in [0.05, 0.1) is 5.39 Å². The molecule has 12 heavy (non-hydrogen) atoms. The number of H-pyrrole nitrogens is 1. The first-order valence-corrected chi connectivity index (χ1v) is 3.81. The number of hydrogen-bond acceptors (Lipinski definition) is 3. The van der Waals surface area contributed by atoms with Crippen molar-refractivity contribution in [3.05, 3.63) is 17.0 Å². The van der Waals surface area contributed by atoms with Crippen LogP contribution in [0.1, 0.15) is 0 Å². The Balaban J connectivity index is 0.000000720. The number of fused-ring (bicyclic) bond motifs is 1. The van der Waals surface area contributed by atoms with Crippen molar-refractivity contribution in [3.63, 3.8) is 0 Å². The number of nitrogens with two attached hydrogens (primary N) is 1. The molecule has 3 N–H and O–H groups in total. The van der Waals surface area contributed by atoms with Crippen molar-refractivity contribution in [3.8, 4) is 0 Å². The van der Waals surface area contributed by atoms with Crippen LogP contribution in [-0.4, -0.2) is 15.0 Å². The minimum atomic E-state index is 0. The van der Waals surface area contributed by atoms with Gasteiger partial charge >= 0.3 is 0 Å². The van der Waals surface area contributed by atoms with Crippen molar-refractivity contribution in [2.24, 2.45) is 0 Å². The van der Waals surface area contributed by atoms with Crippen molar-refractivity contribution in [2.45, 2.75) is 0 Å². The van der Waals surface area contributed by atoms with Gasteiger partial charge < -0.3 is 10.7 Å². The maximum Gasteiger partial charge on any atom is 0.144 e. The van der Waals surface area contributed by atoms with Crippen LogP contribution >= 0.6 is 32.9 Å². The molecule has 0 saturated carbocycles. The highest BCUT2D eigenvalue weighted by molar-refractivity contribution is 9.10. The van der Waals surface area contributed by atoms with Crippen LogP contribution in [0.5, 0.6) is 0 Å². The number of nitrogens with one attached hydrogen (secondary N) is 1. The lowest BCUT2D eigenvalue weighted by molar-refractivity contribution is 1.21. The van der Waals surface area contributed by atoms with Crippen LogP contribution in [0.15, 0.2) is 17.0 Å². The molecule has 4 nitrogen and oxygen atoms in total. The number of halogens is 2. The molecular formula is C6H6Br2N4. The molecular weight excluding hydrogens is 288 g/mol. The molecule has 0 atom stereocenters. The molecule has 2 heterocycles. The molecule has 0 bridgehead atoms. The topological polar surface area (TPSA) is 67.6 Å². The third kappa shape index (κ3) is 1.32. The van der Waals surface area contributed by atoms with Gasteiger partial charge in [0.2, 0.25) is 0 Å². The van der Waals surface area contributed by atoms with Crippen molar-refractivity contribution < 1.29 is 0 Å². The Morgan fingerprint density at radius 2 is 2.17 bits per heavy atom. The maximum absolute atomic E-state index is 5.60. The number of aromatic nitrogens is 3. The van der Waals surface area contributed by atoms with E-state index in [1.54, 1.807) is 6.20 Å². The summed E-state index contributed by atoms with van der Waals surface area (Å²) < 4.78 is 0.894. The van der Waals surface area contributed by atoms with Crippen LogP contribution in [0, 0.1) is 0 Å². The summed E-state index contributed by atoms with van der Waals surface area (Å²) in [5.41, 5.74) is 6.35. The average molecular weight is 294 g/mol. The Bertz CT molecular complexity index is 397. The van der Waals surface area contributed by atoms with Crippen LogP contribution in [0.3, 0.4) is 0 Å². The first-order chi connectivity index (χ1) is 5.29. The van der Waals surface area contributed by atoms with E-state index in [0.717, 1.165) is 15.5 Å². The van der Waals surface area contributed by atoms with Gasteiger partial charge in [0.15, 0.2) is 0 Å². The smallest absolute Gasteiger partial charge is 0.144 e. The molecule has 64 valence electrons. The van der Waals surface area contributed by atoms with E-state index in [2.05, 4.69) is 30.9 Å². The van der Waals surface area contributed by atoms with E-state index >= 15 is 0 Å². The first kappa shape index (κ1) is 9.47. The van der Waals surface area contributed by atoms with E-state index in [-0.39, 0.29) is 17.0 Å². The van der Waals surface area contributed by atoms with Gasteiger partial charge in [-0.25, -0.2) is 9.97 Å². The third-order valence-corrected chi connectivity index (χ3v) is 2.08. The summed E-state index contributed by atoms with van der Waals surface area (Å²) in [6.45, 7) is 0. The van der Waals surface area contributed by atoms with Crippen molar-refractivity contribution >= 4 is 49.8 Å². The molecule has 0 fully saturated rings. The van der Waals surface area contributed by atoms with E-state index in [4.69, 9.17) is 5.73 Å². The van der Waals surface area contributed by atoms with E-state index < -0.39 is 0 Å². The minimum Gasteiger partial charge on any atom is -0.383 e. The lowest BCUT2D eigenvalue weighted by atomic mass is 10.4. The molecule has 2 aromatic heterocycles. The summed E-state index contributed by atoms with van der Waals surface area (Å²) in [6.07, 6.45) is 3.22. The Morgan fingerprint density at radius 1 is 1.42 bits per heavy atom. The highest BCUT2D eigenvalue weighted by Gasteiger charge is 2.04. The third-order valence-electron chi connectivity index (χ3n) is 1.45.